The highest BCUT2D eigenvalue weighted by atomic mass is 35.5. The largest absolute Gasteiger partial charge is 0.478 e. The number of aliphatic imine (C=N–C) groups is 1. The number of thiazole rings is 1. The van der Waals surface area contributed by atoms with Crippen LogP contribution in [0.25, 0.3) is 0 Å². The number of halogens is 2. The third-order valence-corrected chi connectivity index (χ3v) is 9.30. The van der Waals surface area contributed by atoms with Crippen molar-refractivity contribution < 1.29 is 28.6 Å². The molecule has 2 amide bonds. The lowest BCUT2D eigenvalue weighted by Gasteiger charge is -2.38. The van der Waals surface area contributed by atoms with Gasteiger partial charge in [0.1, 0.15) is 11.9 Å². The number of fused-ring (bicyclic) bond motifs is 1. The van der Waals surface area contributed by atoms with Gasteiger partial charge < -0.3 is 25.0 Å². The molecule has 3 aliphatic rings. The maximum absolute atomic E-state index is 14.0. The third kappa shape index (κ3) is 7.00. The van der Waals surface area contributed by atoms with E-state index in [0.29, 0.717) is 73.4 Å². The average molecular weight is 677 g/mol. The summed E-state index contributed by atoms with van der Waals surface area (Å²) in [5.74, 6) is 4.49. The highest BCUT2D eigenvalue weighted by molar-refractivity contribution is 7.11. The first-order chi connectivity index (χ1) is 22.7. The standard InChI is InChI=1S/C33H30ClFN6O5S/c1-46-32(44)27-26(37-29(30-36-11-15-47-30)38-28(27)24-10-9-22(35)16-25(24)34)19-39-13-14-41-23(17-39)18-40(33(41)45)12-3-2-4-20-5-7-21(8-6-20)31(42)43/h5-11,15-16,23,28H,3,12-14,17-19H2,1H3,(H,37,38)(H,42,43)/t23-,28-/m0/s1. The number of carbonyl (C=O) groups excluding carboxylic acids is 2. The molecule has 0 bridgehead atoms. The predicted molar refractivity (Wildman–Crippen MR) is 174 cm³/mol. The molecule has 47 heavy (non-hydrogen) atoms. The van der Waals surface area contributed by atoms with Gasteiger partial charge in [0.05, 0.1) is 24.3 Å². The number of nitrogens with one attached hydrogen (secondary N) is 1. The van der Waals surface area contributed by atoms with E-state index < -0.39 is 23.8 Å². The molecule has 2 aromatic carbocycles. The van der Waals surface area contributed by atoms with Gasteiger partial charge in [-0.3, -0.25) is 9.89 Å². The highest BCUT2D eigenvalue weighted by Gasteiger charge is 2.41. The molecule has 3 aromatic rings. The molecule has 2 atom stereocenters. The Morgan fingerprint density at radius 1 is 1.19 bits per heavy atom. The molecule has 2 N–H and O–H groups in total. The minimum Gasteiger partial charge on any atom is -0.478 e. The van der Waals surface area contributed by atoms with Crippen LogP contribution in [0.15, 0.2) is 70.3 Å². The van der Waals surface area contributed by atoms with E-state index in [4.69, 9.17) is 26.4 Å². The zero-order valence-electron chi connectivity index (χ0n) is 25.3. The second-order valence-electron chi connectivity index (χ2n) is 11.1. The Bertz CT molecular complexity index is 1820. The molecule has 2 saturated heterocycles. The molecule has 0 spiro atoms. The molecule has 6 rings (SSSR count). The first-order valence-electron chi connectivity index (χ1n) is 14.8. The summed E-state index contributed by atoms with van der Waals surface area (Å²) in [6, 6.07) is 9.41. The third-order valence-electron chi connectivity index (χ3n) is 8.19. The molecule has 1 aromatic heterocycles. The van der Waals surface area contributed by atoms with Crippen molar-refractivity contribution in [3.63, 3.8) is 0 Å². The number of aromatic nitrogens is 1. The van der Waals surface area contributed by atoms with Gasteiger partial charge in [-0.25, -0.2) is 23.8 Å². The predicted octanol–water partition coefficient (Wildman–Crippen LogP) is 4.02. The maximum Gasteiger partial charge on any atom is 0.338 e. The maximum atomic E-state index is 14.0. The minimum atomic E-state index is -0.990. The van der Waals surface area contributed by atoms with Crippen molar-refractivity contribution in [3.05, 3.63) is 97.8 Å². The number of carbonyl (C=O) groups is 3. The van der Waals surface area contributed by atoms with E-state index in [2.05, 4.69) is 27.0 Å². The molecule has 0 saturated carbocycles. The summed E-state index contributed by atoms with van der Waals surface area (Å²) in [7, 11) is 1.30. The number of amidine groups is 1. The SMILES string of the molecule is COC(=O)C1=C(CN2CCN3C(=O)N(CCC#Cc4ccc(C(=O)O)cc4)C[C@@H]3C2)NC(c2nccs2)=N[C@H]1c1ccc(F)cc1Cl. The Labute approximate surface area is 279 Å². The van der Waals surface area contributed by atoms with Crippen LogP contribution in [0.4, 0.5) is 9.18 Å². The molecular weight excluding hydrogens is 647 g/mol. The number of hydrogen-bond acceptors (Lipinski definition) is 9. The van der Waals surface area contributed by atoms with E-state index in [-0.39, 0.29) is 28.2 Å². The van der Waals surface area contributed by atoms with Crippen LogP contribution >= 0.6 is 22.9 Å². The second kappa shape index (κ2) is 13.9. The molecule has 11 nitrogen and oxygen atoms in total. The number of aromatic carboxylic acids is 1. The molecule has 0 radical (unpaired) electrons. The zero-order chi connectivity index (χ0) is 33.1. The summed E-state index contributed by atoms with van der Waals surface area (Å²) < 4.78 is 19.2. The number of amides is 2. The fourth-order valence-corrected chi connectivity index (χ4v) is 6.77. The Hall–Kier alpha value is -4.77. The quantitative estimate of drug-likeness (QED) is 0.271. The van der Waals surface area contributed by atoms with Crippen LogP contribution in [0, 0.1) is 17.7 Å². The van der Waals surface area contributed by atoms with E-state index in [1.807, 2.05) is 10.3 Å². The zero-order valence-corrected chi connectivity index (χ0v) is 26.9. The number of rotatable bonds is 8. The van der Waals surface area contributed by atoms with Gasteiger partial charge in [-0.15, -0.1) is 11.3 Å². The molecule has 3 aliphatic heterocycles. The van der Waals surface area contributed by atoms with Crippen LogP contribution in [0.2, 0.25) is 5.02 Å². The molecule has 0 aliphatic carbocycles. The molecule has 0 unspecified atom stereocenters. The number of methoxy groups -OCH3 is 1. The Balaban J connectivity index is 1.17. The molecular formula is C33H30ClFN6O5S. The fourth-order valence-electron chi connectivity index (χ4n) is 5.92. The van der Waals surface area contributed by atoms with Gasteiger partial charge in [0.25, 0.3) is 0 Å². The first kappa shape index (κ1) is 32.2. The molecule has 4 heterocycles. The lowest BCUT2D eigenvalue weighted by atomic mass is 9.95. The number of ether oxygens (including phenoxy) is 1. The van der Waals surface area contributed by atoms with Gasteiger partial charge in [-0.05, 0) is 36.4 Å². The molecule has 242 valence electrons. The van der Waals surface area contributed by atoms with Crippen molar-refractivity contribution in [2.75, 3.05) is 46.4 Å². The monoisotopic (exact) mass is 676 g/mol. The smallest absolute Gasteiger partial charge is 0.338 e. The van der Waals surface area contributed by atoms with E-state index in [0.717, 1.165) is 0 Å². The van der Waals surface area contributed by atoms with Crippen LogP contribution in [-0.2, 0) is 9.53 Å². The van der Waals surface area contributed by atoms with Crippen LogP contribution in [0.1, 0.15) is 39.0 Å². The van der Waals surface area contributed by atoms with Gasteiger partial charge in [0.2, 0.25) is 0 Å². The van der Waals surface area contributed by atoms with Crippen LogP contribution in [0.5, 0.6) is 0 Å². The van der Waals surface area contributed by atoms with Gasteiger partial charge in [-0.1, -0.05) is 29.5 Å². The van der Waals surface area contributed by atoms with E-state index in [9.17, 15) is 18.8 Å². The van der Waals surface area contributed by atoms with Gasteiger partial charge in [-0.2, -0.15) is 0 Å². The van der Waals surface area contributed by atoms with Crippen molar-refractivity contribution in [2.45, 2.75) is 18.5 Å². The number of esters is 1. The van der Waals surface area contributed by atoms with E-state index >= 15 is 0 Å². The van der Waals surface area contributed by atoms with Gasteiger partial charge >= 0.3 is 18.0 Å². The Morgan fingerprint density at radius 2 is 2.00 bits per heavy atom. The van der Waals surface area contributed by atoms with Crippen LogP contribution in [0.3, 0.4) is 0 Å². The topological polar surface area (TPSA) is 128 Å². The number of carboxylic acid groups (broad SMARTS) is 1. The number of piperazine rings is 1. The summed E-state index contributed by atoms with van der Waals surface area (Å²) in [6.45, 7) is 3.03. The lowest BCUT2D eigenvalue weighted by Crippen LogP contribution is -2.53. The van der Waals surface area contributed by atoms with Crippen molar-refractivity contribution >= 4 is 46.7 Å². The van der Waals surface area contributed by atoms with E-state index in [1.165, 1.54) is 48.8 Å². The summed E-state index contributed by atoms with van der Waals surface area (Å²) in [4.78, 5) is 52.6. The Morgan fingerprint density at radius 3 is 2.70 bits per heavy atom. The van der Waals surface area contributed by atoms with Crippen molar-refractivity contribution in [2.24, 2.45) is 4.99 Å². The van der Waals surface area contributed by atoms with Gasteiger partial charge in [0, 0.05) is 79.1 Å². The summed E-state index contributed by atoms with van der Waals surface area (Å²) in [5.41, 5.74) is 2.21. The second-order valence-corrected chi connectivity index (χ2v) is 12.4. The Kier molecular flexibility index (Phi) is 9.53. The summed E-state index contributed by atoms with van der Waals surface area (Å²) in [6.07, 6.45) is 2.14. The van der Waals surface area contributed by atoms with Crippen molar-refractivity contribution in [1.82, 2.24) is 25.0 Å². The number of urea groups is 1. The number of carboxylic acids is 1. The first-order valence-corrected chi connectivity index (χ1v) is 16.1. The lowest BCUT2D eigenvalue weighted by molar-refractivity contribution is -0.136. The van der Waals surface area contributed by atoms with Crippen LogP contribution < -0.4 is 5.32 Å². The van der Waals surface area contributed by atoms with Crippen molar-refractivity contribution in [1.29, 1.82) is 0 Å². The molecule has 14 heteroatoms. The fraction of sp³-hybridized carbons (Fsp3) is 0.303. The molecule has 2 fully saturated rings. The normalized spacial score (nSPS) is 19.5. The van der Waals surface area contributed by atoms with Crippen LogP contribution in [-0.4, -0.2) is 101 Å². The summed E-state index contributed by atoms with van der Waals surface area (Å²) >= 11 is 7.86. The van der Waals surface area contributed by atoms with Gasteiger partial charge in [0.15, 0.2) is 10.8 Å². The van der Waals surface area contributed by atoms with E-state index in [1.54, 1.807) is 23.2 Å². The van der Waals surface area contributed by atoms with Crippen molar-refractivity contribution in [3.8, 4) is 11.8 Å². The number of nitrogens with zero attached hydrogens (tertiary/aromatic N) is 5. The average Bonchev–Trinajstić information content (AvgIpc) is 3.71. The number of hydrogen-bond donors (Lipinski definition) is 2. The minimum absolute atomic E-state index is 0.0308. The number of benzene rings is 2. The summed E-state index contributed by atoms with van der Waals surface area (Å²) in [5, 5.41) is 15.0. The highest BCUT2D eigenvalue weighted by Crippen LogP contribution is 2.37.